The molecule has 1 heterocycles. The minimum Gasteiger partial charge on any atom is -0.306 e. The first kappa shape index (κ1) is 21.9. The lowest BCUT2D eigenvalue weighted by Gasteiger charge is -2.31. The molecular weight excluding hydrogens is 494 g/mol. The highest BCUT2D eigenvalue weighted by atomic mass is 79.9. The molecule has 3 aromatic rings. The maximum absolute atomic E-state index is 13.1. The maximum atomic E-state index is 13.1. The van der Waals surface area contributed by atoms with Gasteiger partial charge in [-0.2, -0.15) is 16.9 Å². The molecule has 0 radical (unpaired) electrons. The van der Waals surface area contributed by atoms with Crippen LogP contribution in [0.1, 0.15) is 11.1 Å². The van der Waals surface area contributed by atoms with Gasteiger partial charge in [-0.25, -0.2) is 9.80 Å². The van der Waals surface area contributed by atoms with E-state index in [0.717, 1.165) is 32.8 Å². The van der Waals surface area contributed by atoms with E-state index in [-0.39, 0.29) is 6.03 Å². The molecule has 158 valence electrons. The summed E-state index contributed by atoms with van der Waals surface area (Å²) in [5.41, 5.74) is 3.26. The molecule has 1 aliphatic heterocycles. The molecule has 2 amide bonds. The summed E-state index contributed by atoms with van der Waals surface area (Å²) < 4.78 is 0.956. The number of benzene rings is 3. The normalized spacial score (nSPS) is 18.0. The van der Waals surface area contributed by atoms with E-state index in [1.54, 1.807) is 11.8 Å². The first-order valence-corrected chi connectivity index (χ1v) is 12.3. The summed E-state index contributed by atoms with van der Waals surface area (Å²) in [6.07, 6.45) is 2.08. The van der Waals surface area contributed by atoms with Crippen LogP contribution in [0.25, 0.3) is 0 Å². The quantitative estimate of drug-likeness (QED) is 0.414. The van der Waals surface area contributed by atoms with Crippen LogP contribution in [0.15, 0.2) is 88.4 Å². The predicted molar refractivity (Wildman–Crippen MR) is 134 cm³/mol. The predicted octanol–water partition coefficient (Wildman–Crippen LogP) is 6.66. The average molecular weight is 515 g/mol. The molecule has 0 bridgehead atoms. The number of halogens is 2. The van der Waals surface area contributed by atoms with Gasteiger partial charge < -0.3 is 5.32 Å². The summed E-state index contributed by atoms with van der Waals surface area (Å²) in [6.45, 7) is 0.457. The average Bonchev–Trinajstić information content (AvgIpc) is 3.17. The van der Waals surface area contributed by atoms with Gasteiger partial charge in [0.05, 0.1) is 17.7 Å². The lowest BCUT2D eigenvalue weighted by Crippen LogP contribution is -2.43. The molecule has 1 unspecified atom stereocenters. The van der Waals surface area contributed by atoms with Crippen LogP contribution in [0.4, 0.5) is 10.5 Å². The molecule has 31 heavy (non-hydrogen) atoms. The molecule has 7 heteroatoms. The van der Waals surface area contributed by atoms with Crippen LogP contribution in [-0.2, 0) is 5.41 Å². The van der Waals surface area contributed by atoms with Gasteiger partial charge >= 0.3 is 6.03 Å². The monoisotopic (exact) mass is 513 g/mol. The van der Waals surface area contributed by atoms with Crippen molar-refractivity contribution in [2.75, 3.05) is 23.9 Å². The van der Waals surface area contributed by atoms with Crippen LogP contribution in [0.2, 0.25) is 5.02 Å². The Hall–Kier alpha value is -2.28. The van der Waals surface area contributed by atoms with Crippen molar-refractivity contribution in [2.45, 2.75) is 5.41 Å². The number of hydrogen-bond acceptors (Lipinski definition) is 3. The van der Waals surface area contributed by atoms with Crippen molar-refractivity contribution in [3.8, 4) is 0 Å². The van der Waals surface area contributed by atoms with E-state index < -0.39 is 5.41 Å². The van der Waals surface area contributed by atoms with E-state index in [0.29, 0.717) is 11.6 Å². The number of hydrogen-bond donors (Lipinski definition) is 1. The fourth-order valence-electron chi connectivity index (χ4n) is 3.79. The number of carbonyl (C=O) groups is 1. The Kier molecular flexibility index (Phi) is 6.70. The number of amides is 2. The van der Waals surface area contributed by atoms with Crippen LogP contribution < -0.4 is 5.32 Å². The summed E-state index contributed by atoms with van der Waals surface area (Å²) in [4.78, 5) is 13.1. The molecule has 3 aromatic carbocycles. The first-order chi connectivity index (χ1) is 15.0. The number of thioether (sulfide) groups is 1. The van der Waals surface area contributed by atoms with Gasteiger partial charge in [-0.3, -0.25) is 0 Å². The molecule has 1 N–H and O–H groups in total. The molecule has 4 rings (SSSR count). The van der Waals surface area contributed by atoms with Crippen molar-refractivity contribution in [3.63, 3.8) is 0 Å². The van der Waals surface area contributed by atoms with Crippen molar-refractivity contribution in [2.24, 2.45) is 5.10 Å². The van der Waals surface area contributed by atoms with Crippen molar-refractivity contribution >= 4 is 56.7 Å². The van der Waals surface area contributed by atoms with E-state index in [1.807, 2.05) is 66.7 Å². The number of anilines is 1. The standard InChI is InChI=1S/C24H21BrClN3OS/c1-31-16-24(18-5-3-2-4-6-18)15-29(23(30)27-21-13-9-19(25)10-14-21)28-22(24)17-7-11-20(26)12-8-17/h2-14H,15-16H2,1H3,(H,27,30). The van der Waals surface area contributed by atoms with Crippen molar-refractivity contribution in [3.05, 3.63) is 99.5 Å². The molecule has 0 aliphatic carbocycles. The van der Waals surface area contributed by atoms with Gasteiger partial charge in [0.1, 0.15) is 0 Å². The van der Waals surface area contributed by atoms with Gasteiger partial charge in [-0.15, -0.1) is 0 Å². The topological polar surface area (TPSA) is 44.7 Å². The summed E-state index contributed by atoms with van der Waals surface area (Å²) in [5, 5.41) is 9.98. The number of rotatable bonds is 5. The zero-order valence-electron chi connectivity index (χ0n) is 16.9. The number of nitrogens with one attached hydrogen (secondary N) is 1. The largest absolute Gasteiger partial charge is 0.342 e. The lowest BCUT2D eigenvalue weighted by molar-refractivity contribution is 0.214. The summed E-state index contributed by atoms with van der Waals surface area (Å²) in [5.74, 6) is 0.792. The van der Waals surface area contributed by atoms with Crippen LogP contribution in [0.5, 0.6) is 0 Å². The van der Waals surface area contributed by atoms with E-state index in [4.69, 9.17) is 16.7 Å². The Balaban J connectivity index is 1.74. The van der Waals surface area contributed by atoms with Gasteiger partial charge in [-0.05, 0) is 53.8 Å². The first-order valence-electron chi connectivity index (χ1n) is 9.75. The third-order valence-electron chi connectivity index (χ3n) is 5.26. The Labute approximate surface area is 199 Å². The molecule has 1 atom stereocenters. The molecule has 0 spiro atoms. The van der Waals surface area contributed by atoms with Crippen molar-refractivity contribution in [1.29, 1.82) is 0 Å². The molecule has 0 saturated carbocycles. The summed E-state index contributed by atoms with van der Waals surface area (Å²) in [7, 11) is 0. The highest BCUT2D eigenvalue weighted by molar-refractivity contribution is 9.10. The molecule has 0 aromatic heterocycles. The van der Waals surface area contributed by atoms with Gasteiger partial charge in [0.25, 0.3) is 0 Å². The molecular formula is C24H21BrClN3OS. The van der Waals surface area contributed by atoms with Crippen LogP contribution in [-0.4, -0.2) is 35.3 Å². The van der Waals surface area contributed by atoms with E-state index in [1.165, 1.54) is 5.01 Å². The number of carbonyl (C=O) groups excluding carboxylic acids is 1. The second-order valence-corrected chi connectivity index (χ2v) is 9.55. The van der Waals surface area contributed by atoms with E-state index in [9.17, 15) is 4.79 Å². The Morgan fingerprint density at radius 1 is 1.10 bits per heavy atom. The minimum atomic E-state index is -0.425. The number of urea groups is 1. The molecule has 0 saturated heterocycles. The zero-order chi connectivity index (χ0) is 21.8. The van der Waals surface area contributed by atoms with Gasteiger partial charge in [0, 0.05) is 20.9 Å². The summed E-state index contributed by atoms with van der Waals surface area (Å²) >= 11 is 11.3. The highest BCUT2D eigenvalue weighted by Gasteiger charge is 2.46. The van der Waals surface area contributed by atoms with Gasteiger partial charge in [0.15, 0.2) is 0 Å². The molecule has 4 nitrogen and oxygen atoms in total. The van der Waals surface area contributed by atoms with Crippen LogP contribution >= 0.6 is 39.3 Å². The number of hydrazone groups is 1. The molecule has 0 fully saturated rings. The van der Waals surface area contributed by atoms with Crippen molar-refractivity contribution in [1.82, 2.24) is 5.01 Å². The second-order valence-electron chi connectivity index (χ2n) is 7.33. The zero-order valence-corrected chi connectivity index (χ0v) is 20.0. The maximum Gasteiger partial charge on any atom is 0.342 e. The van der Waals surface area contributed by atoms with Crippen molar-refractivity contribution < 1.29 is 4.79 Å². The van der Waals surface area contributed by atoms with Gasteiger partial charge in [0.2, 0.25) is 0 Å². The third kappa shape index (κ3) is 4.66. The highest BCUT2D eigenvalue weighted by Crippen LogP contribution is 2.38. The Morgan fingerprint density at radius 3 is 2.42 bits per heavy atom. The van der Waals surface area contributed by atoms with E-state index in [2.05, 4.69) is 39.6 Å². The molecule has 1 aliphatic rings. The second kappa shape index (κ2) is 9.47. The lowest BCUT2D eigenvalue weighted by atomic mass is 9.76. The fourth-order valence-corrected chi connectivity index (χ4v) is 5.07. The van der Waals surface area contributed by atoms with Gasteiger partial charge in [-0.1, -0.05) is 70.0 Å². The summed E-state index contributed by atoms with van der Waals surface area (Å²) in [6, 6.07) is 25.2. The van der Waals surface area contributed by atoms with E-state index >= 15 is 0 Å². The smallest absolute Gasteiger partial charge is 0.306 e. The van der Waals surface area contributed by atoms with Crippen LogP contribution in [0, 0.1) is 0 Å². The Morgan fingerprint density at radius 2 is 1.77 bits per heavy atom. The fraction of sp³-hybridized carbons (Fsp3) is 0.167. The minimum absolute atomic E-state index is 0.257. The third-order valence-corrected chi connectivity index (χ3v) is 6.82. The Bertz CT molecular complexity index is 1090. The SMILES string of the molecule is CSCC1(c2ccccc2)CN(C(=O)Nc2ccc(Br)cc2)N=C1c1ccc(Cl)cc1. The van der Waals surface area contributed by atoms with Crippen LogP contribution in [0.3, 0.4) is 0 Å². The number of nitrogens with zero attached hydrogens (tertiary/aromatic N) is 2.